The lowest BCUT2D eigenvalue weighted by Gasteiger charge is -2.38. The Morgan fingerprint density at radius 2 is 1.88 bits per heavy atom. The van der Waals surface area contributed by atoms with Gasteiger partial charge in [0.1, 0.15) is 6.04 Å². The zero-order chi connectivity index (χ0) is 23.4. The van der Waals surface area contributed by atoms with E-state index in [1.54, 1.807) is 37.6 Å². The molecule has 0 fully saturated rings. The number of carboxylic acid groups (broad SMARTS) is 1. The van der Waals surface area contributed by atoms with Crippen molar-refractivity contribution in [3.05, 3.63) is 89.1 Å². The molecule has 33 heavy (non-hydrogen) atoms. The first kappa shape index (κ1) is 22.1. The first-order valence-corrected chi connectivity index (χ1v) is 10.6. The average Bonchev–Trinajstić information content (AvgIpc) is 2.84. The second-order valence-electron chi connectivity index (χ2n) is 7.95. The van der Waals surface area contributed by atoms with Crippen molar-refractivity contribution in [2.75, 3.05) is 19.1 Å². The molecule has 6 nitrogen and oxygen atoms in total. The molecule has 1 aliphatic rings. The van der Waals surface area contributed by atoms with E-state index in [0.29, 0.717) is 24.3 Å². The summed E-state index contributed by atoms with van der Waals surface area (Å²) in [5, 5.41) is 9.16. The van der Waals surface area contributed by atoms with E-state index in [1.165, 1.54) is 0 Å². The third-order valence-corrected chi connectivity index (χ3v) is 5.89. The SMILES string of the molecule is COc1cc(CC#CC2C(Cc3ccc(C(=O)O)cc3)C(=O)c3ccccc3N2C)ccn1. The maximum absolute atomic E-state index is 13.5. The number of Topliss-reactive ketones (excluding diaryl/α,β-unsaturated/α-hetero) is 1. The maximum Gasteiger partial charge on any atom is 0.335 e. The summed E-state index contributed by atoms with van der Waals surface area (Å²) in [5.74, 6) is 5.81. The van der Waals surface area contributed by atoms with Crippen LogP contribution in [0.5, 0.6) is 5.88 Å². The number of hydrogen-bond donors (Lipinski definition) is 1. The van der Waals surface area contributed by atoms with Gasteiger partial charge in [-0.15, -0.1) is 0 Å². The molecule has 0 saturated heterocycles. The van der Waals surface area contributed by atoms with Gasteiger partial charge in [0, 0.05) is 37.0 Å². The van der Waals surface area contributed by atoms with Crippen LogP contribution in [0.1, 0.15) is 31.8 Å². The van der Waals surface area contributed by atoms with Crippen LogP contribution in [0.3, 0.4) is 0 Å². The number of fused-ring (bicyclic) bond motifs is 1. The first-order valence-electron chi connectivity index (χ1n) is 10.6. The molecule has 2 aromatic carbocycles. The monoisotopic (exact) mass is 440 g/mol. The normalized spacial score (nSPS) is 17.0. The first-order chi connectivity index (χ1) is 16.0. The molecule has 0 radical (unpaired) electrons. The molecule has 1 aliphatic heterocycles. The zero-order valence-electron chi connectivity index (χ0n) is 18.5. The second-order valence-corrected chi connectivity index (χ2v) is 7.95. The fourth-order valence-electron chi connectivity index (χ4n) is 4.12. The third kappa shape index (κ3) is 4.73. The van der Waals surface area contributed by atoms with Crippen LogP contribution < -0.4 is 9.64 Å². The topological polar surface area (TPSA) is 79.7 Å². The lowest BCUT2D eigenvalue weighted by molar-refractivity contribution is 0.0696. The molecule has 0 aliphatic carbocycles. The Labute approximate surface area is 192 Å². The molecule has 0 amide bonds. The van der Waals surface area contributed by atoms with Crippen LogP contribution in [0.4, 0.5) is 5.69 Å². The number of methoxy groups -OCH3 is 1. The smallest absolute Gasteiger partial charge is 0.335 e. The molecule has 6 heteroatoms. The molecule has 0 bridgehead atoms. The Balaban J connectivity index is 1.64. The van der Waals surface area contributed by atoms with Crippen LogP contribution in [-0.2, 0) is 12.8 Å². The van der Waals surface area contributed by atoms with Crippen LogP contribution in [0.2, 0.25) is 0 Å². The van der Waals surface area contributed by atoms with E-state index < -0.39 is 5.97 Å². The molecular formula is C27H24N2O4. The highest BCUT2D eigenvalue weighted by atomic mass is 16.5. The standard InChI is InChI=1S/C27H24N2O4/c1-29-23-8-4-3-7-21(23)26(30)22(16-19-10-12-20(13-11-19)27(31)32)24(29)9-5-6-18-14-15-28-25(17-18)33-2/h3-4,7-8,10-15,17,22,24H,6,16H2,1-2H3,(H,31,32). The number of ether oxygens (including phenoxy) is 1. The van der Waals surface area contributed by atoms with Crippen LogP contribution in [-0.4, -0.2) is 42.0 Å². The van der Waals surface area contributed by atoms with Crippen LogP contribution >= 0.6 is 0 Å². The average molecular weight is 440 g/mol. The van der Waals surface area contributed by atoms with Gasteiger partial charge in [0.05, 0.1) is 18.6 Å². The van der Waals surface area contributed by atoms with E-state index in [0.717, 1.165) is 16.8 Å². The predicted octanol–water partition coefficient (Wildman–Crippen LogP) is 3.89. The van der Waals surface area contributed by atoms with Crippen molar-refractivity contribution in [1.82, 2.24) is 4.98 Å². The lowest BCUT2D eigenvalue weighted by atomic mass is 9.81. The summed E-state index contributed by atoms with van der Waals surface area (Å²) < 4.78 is 5.18. The van der Waals surface area contributed by atoms with Gasteiger partial charge in [-0.2, -0.15) is 0 Å². The highest BCUT2D eigenvalue weighted by Gasteiger charge is 2.37. The molecule has 0 spiro atoms. The van der Waals surface area contributed by atoms with Gasteiger partial charge in [0.15, 0.2) is 5.78 Å². The van der Waals surface area contributed by atoms with E-state index in [1.807, 2.05) is 43.4 Å². The van der Waals surface area contributed by atoms with Gasteiger partial charge in [0.2, 0.25) is 5.88 Å². The van der Waals surface area contributed by atoms with E-state index >= 15 is 0 Å². The number of nitrogens with zero attached hydrogens (tertiary/aromatic N) is 2. The summed E-state index contributed by atoms with van der Waals surface area (Å²) in [5.41, 5.74) is 3.66. The second kappa shape index (κ2) is 9.58. The highest BCUT2D eigenvalue weighted by Crippen LogP contribution is 2.34. The van der Waals surface area contributed by atoms with Crippen LogP contribution in [0.15, 0.2) is 66.9 Å². The molecule has 1 aromatic heterocycles. The summed E-state index contributed by atoms with van der Waals surface area (Å²) >= 11 is 0. The van der Waals surface area contributed by atoms with Gasteiger partial charge in [0.25, 0.3) is 0 Å². The van der Waals surface area contributed by atoms with Crippen molar-refractivity contribution in [2.24, 2.45) is 5.92 Å². The molecule has 1 N–H and O–H groups in total. The minimum absolute atomic E-state index is 0.0518. The number of benzene rings is 2. The Morgan fingerprint density at radius 1 is 1.12 bits per heavy atom. The molecule has 2 heterocycles. The van der Waals surface area contributed by atoms with Crippen LogP contribution in [0.25, 0.3) is 0 Å². The number of rotatable bonds is 5. The molecule has 2 atom stereocenters. The summed E-state index contributed by atoms with van der Waals surface area (Å²) in [6.07, 6.45) is 2.67. The van der Waals surface area contributed by atoms with Crippen molar-refractivity contribution in [3.8, 4) is 17.7 Å². The summed E-state index contributed by atoms with van der Waals surface area (Å²) in [4.78, 5) is 30.8. The van der Waals surface area contributed by atoms with E-state index in [4.69, 9.17) is 9.84 Å². The number of pyridine rings is 1. The van der Waals surface area contributed by atoms with Gasteiger partial charge in [-0.25, -0.2) is 9.78 Å². The quantitative estimate of drug-likeness (QED) is 0.607. The molecule has 0 saturated carbocycles. The van der Waals surface area contributed by atoms with Gasteiger partial charge >= 0.3 is 5.97 Å². The molecule has 166 valence electrons. The molecule has 3 aromatic rings. The van der Waals surface area contributed by atoms with Crippen molar-refractivity contribution in [3.63, 3.8) is 0 Å². The van der Waals surface area contributed by atoms with Crippen LogP contribution in [0, 0.1) is 17.8 Å². The summed E-state index contributed by atoms with van der Waals surface area (Å²) in [7, 11) is 3.53. The number of carbonyl (C=O) groups is 2. The van der Waals surface area contributed by atoms with Gasteiger partial charge < -0.3 is 14.7 Å². The van der Waals surface area contributed by atoms with E-state index in [-0.39, 0.29) is 23.3 Å². The number of para-hydroxylation sites is 1. The number of hydrogen-bond acceptors (Lipinski definition) is 5. The maximum atomic E-state index is 13.5. The Hall–Kier alpha value is -4.11. The van der Waals surface area contributed by atoms with Crippen molar-refractivity contribution in [1.29, 1.82) is 0 Å². The van der Waals surface area contributed by atoms with E-state index in [2.05, 4.69) is 21.7 Å². The minimum atomic E-state index is -0.972. The molecule has 4 rings (SSSR count). The zero-order valence-corrected chi connectivity index (χ0v) is 18.5. The van der Waals surface area contributed by atoms with Crippen molar-refractivity contribution in [2.45, 2.75) is 18.9 Å². The lowest BCUT2D eigenvalue weighted by Crippen LogP contribution is -2.46. The number of carbonyl (C=O) groups excluding carboxylic acids is 1. The highest BCUT2D eigenvalue weighted by molar-refractivity contribution is 6.05. The number of ketones is 1. The number of aromatic carboxylic acids is 1. The number of anilines is 1. The van der Waals surface area contributed by atoms with E-state index in [9.17, 15) is 9.59 Å². The number of aromatic nitrogens is 1. The fraction of sp³-hybridized carbons (Fsp3) is 0.222. The Kier molecular flexibility index (Phi) is 6.41. The Morgan fingerprint density at radius 3 is 2.61 bits per heavy atom. The molecular weight excluding hydrogens is 416 g/mol. The Bertz CT molecular complexity index is 1240. The number of carboxylic acids is 1. The largest absolute Gasteiger partial charge is 0.481 e. The van der Waals surface area contributed by atoms with Crippen molar-refractivity contribution >= 4 is 17.4 Å². The predicted molar refractivity (Wildman–Crippen MR) is 126 cm³/mol. The van der Waals surface area contributed by atoms with Crippen molar-refractivity contribution < 1.29 is 19.4 Å². The summed E-state index contributed by atoms with van der Waals surface area (Å²) in [6, 6.07) is 17.7. The van der Waals surface area contributed by atoms with Gasteiger partial charge in [-0.05, 0) is 47.9 Å². The minimum Gasteiger partial charge on any atom is -0.481 e. The fourth-order valence-corrected chi connectivity index (χ4v) is 4.12. The van der Waals surface area contributed by atoms with Gasteiger partial charge in [-0.1, -0.05) is 36.1 Å². The third-order valence-electron chi connectivity index (χ3n) is 5.89. The summed E-state index contributed by atoms with van der Waals surface area (Å²) in [6.45, 7) is 0. The van der Waals surface area contributed by atoms with Gasteiger partial charge in [-0.3, -0.25) is 4.79 Å². The molecule has 2 unspecified atom stereocenters.